The fourth-order valence-electron chi connectivity index (χ4n) is 2.67. The third-order valence-corrected chi connectivity index (χ3v) is 3.89. The molecule has 3 rings (SSSR count). The van der Waals surface area contributed by atoms with Crippen LogP contribution in [0.3, 0.4) is 0 Å². The average Bonchev–Trinajstić information content (AvgIpc) is 2.78. The Hall–Kier alpha value is -2.07. The molecule has 0 unspecified atom stereocenters. The van der Waals surface area contributed by atoms with Gasteiger partial charge in [-0.2, -0.15) is 0 Å². The van der Waals surface area contributed by atoms with Crippen molar-refractivity contribution in [1.29, 1.82) is 0 Å². The maximum Gasteiger partial charge on any atom is 0.256 e. The number of hydrogen-bond acceptors (Lipinski definition) is 2. The number of aryl methyl sites for hydroxylation is 2. The molecule has 4 nitrogen and oxygen atoms in total. The van der Waals surface area contributed by atoms with E-state index in [1.165, 1.54) is 11.1 Å². The number of fused-ring (bicyclic) bond motifs is 1. The van der Waals surface area contributed by atoms with E-state index < -0.39 is 0 Å². The molecule has 1 aliphatic heterocycles. The molecule has 0 aliphatic carbocycles. The minimum atomic E-state index is -0.175. The van der Waals surface area contributed by atoms with Gasteiger partial charge in [-0.15, -0.1) is 0 Å². The van der Waals surface area contributed by atoms with Gasteiger partial charge in [0.1, 0.15) is 0 Å². The summed E-state index contributed by atoms with van der Waals surface area (Å²) in [5.74, 6) is 0.0157. The number of carbonyl (C=O) groups excluding carboxylic acids is 1. The van der Waals surface area contributed by atoms with E-state index in [0.29, 0.717) is 0 Å². The Balaban J connectivity index is 1.74. The lowest BCUT2D eigenvalue weighted by molar-refractivity contribution is -0.119. The molecule has 0 bridgehead atoms. The van der Waals surface area contributed by atoms with Crippen LogP contribution in [0.4, 0.5) is 0 Å². The standard InChI is InChI=1S/C16H19N3O/c1-11-7-8-12(2)19(11)18-16(20)15-9-13-5-3-4-6-14(13)10-17-15/h3-8,15,17H,9-10H2,1-2H3,(H,18,20)/t15-/m1/s1. The lowest BCUT2D eigenvalue weighted by Crippen LogP contribution is -2.46. The second kappa shape index (κ2) is 5.13. The number of benzene rings is 1. The highest BCUT2D eigenvalue weighted by Crippen LogP contribution is 2.16. The largest absolute Gasteiger partial charge is 0.301 e. The molecule has 2 N–H and O–H groups in total. The zero-order chi connectivity index (χ0) is 14.1. The van der Waals surface area contributed by atoms with Crippen molar-refractivity contribution in [1.82, 2.24) is 9.99 Å². The molecule has 2 aromatic rings. The van der Waals surface area contributed by atoms with Crippen LogP contribution in [0.1, 0.15) is 22.5 Å². The van der Waals surface area contributed by atoms with E-state index >= 15 is 0 Å². The molecular formula is C16H19N3O. The number of aromatic nitrogens is 1. The van der Waals surface area contributed by atoms with E-state index in [1.807, 2.05) is 42.8 Å². The van der Waals surface area contributed by atoms with Gasteiger partial charge in [0.2, 0.25) is 0 Å². The summed E-state index contributed by atoms with van der Waals surface area (Å²) in [7, 11) is 0. The van der Waals surface area contributed by atoms with Crippen LogP contribution in [0, 0.1) is 13.8 Å². The normalized spacial score (nSPS) is 17.6. The summed E-state index contributed by atoms with van der Waals surface area (Å²) in [5.41, 5.74) is 7.58. The summed E-state index contributed by atoms with van der Waals surface area (Å²) in [6, 6.07) is 12.1. The van der Waals surface area contributed by atoms with Crippen molar-refractivity contribution in [3.05, 3.63) is 58.9 Å². The molecule has 1 aromatic carbocycles. The summed E-state index contributed by atoms with van der Waals surface area (Å²) in [5, 5.41) is 3.30. The zero-order valence-electron chi connectivity index (χ0n) is 11.8. The summed E-state index contributed by atoms with van der Waals surface area (Å²) in [6.45, 7) is 4.71. The van der Waals surface area contributed by atoms with Crippen LogP contribution in [0.2, 0.25) is 0 Å². The monoisotopic (exact) mass is 269 g/mol. The smallest absolute Gasteiger partial charge is 0.256 e. The molecule has 1 aromatic heterocycles. The van der Waals surface area contributed by atoms with Crippen molar-refractivity contribution in [3.63, 3.8) is 0 Å². The maximum atomic E-state index is 12.4. The van der Waals surface area contributed by atoms with Crippen molar-refractivity contribution in [2.24, 2.45) is 0 Å². The molecule has 1 aliphatic rings. The lowest BCUT2D eigenvalue weighted by atomic mass is 9.96. The van der Waals surface area contributed by atoms with Crippen LogP contribution in [0.5, 0.6) is 0 Å². The average molecular weight is 269 g/mol. The maximum absolute atomic E-state index is 12.4. The fraction of sp³-hybridized carbons (Fsp3) is 0.312. The zero-order valence-corrected chi connectivity index (χ0v) is 11.8. The topological polar surface area (TPSA) is 46.1 Å². The number of carbonyl (C=O) groups is 1. The molecule has 4 heteroatoms. The summed E-state index contributed by atoms with van der Waals surface area (Å²) in [4.78, 5) is 12.4. The van der Waals surface area contributed by atoms with E-state index in [0.717, 1.165) is 24.4 Å². The highest BCUT2D eigenvalue weighted by Gasteiger charge is 2.24. The van der Waals surface area contributed by atoms with Crippen molar-refractivity contribution in [3.8, 4) is 0 Å². The predicted molar refractivity (Wildman–Crippen MR) is 79.0 cm³/mol. The van der Waals surface area contributed by atoms with Crippen LogP contribution in [0.15, 0.2) is 36.4 Å². The molecular weight excluding hydrogens is 250 g/mol. The highest BCUT2D eigenvalue weighted by molar-refractivity contribution is 5.89. The van der Waals surface area contributed by atoms with Gasteiger partial charge >= 0.3 is 0 Å². The number of nitrogens with zero attached hydrogens (tertiary/aromatic N) is 1. The second-order valence-corrected chi connectivity index (χ2v) is 5.33. The van der Waals surface area contributed by atoms with Crippen LogP contribution in [0.25, 0.3) is 0 Å². The first-order valence-electron chi connectivity index (χ1n) is 6.91. The Bertz CT molecular complexity index is 625. The van der Waals surface area contributed by atoms with Gasteiger partial charge in [-0.05, 0) is 43.5 Å². The molecule has 0 saturated heterocycles. The number of amides is 1. The Morgan fingerprint density at radius 2 is 1.80 bits per heavy atom. The first-order chi connectivity index (χ1) is 9.65. The molecule has 104 valence electrons. The van der Waals surface area contributed by atoms with Crippen LogP contribution < -0.4 is 10.7 Å². The van der Waals surface area contributed by atoms with E-state index in [-0.39, 0.29) is 11.9 Å². The number of hydrogen-bond donors (Lipinski definition) is 2. The Kier molecular flexibility index (Phi) is 3.32. The lowest BCUT2D eigenvalue weighted by Gasteiger charge is -2.26. The van der Waals surface area contributed by atoms with E-state index in [4.69, 9.17) is 0 Å². The van der Waals surface area contributed by atoms with Crippen LogP contribution in [-0.2, 0) is 17.8 Å². The van der Waals surface area contributed by atoms with Crippen molar-refractivity contribution in [2.45, 2.75) is 32.9 Å². The number of nitrogens with one attached hydrogen (secondary N) is 2. The summed E-state index contributed by atoms with van der Waals surface area (Å²) < 4.78 is 1.84. The van der Waals surface area contributed by atoms with Gasteiger partial charge in [0.05, 0.1) is 6.04 Å². The van der Waals surface area contributed by atoms with Crippen molar-refractivity contribution < 1.29 is 4.79 Å². The van der Waals surface area contributed by atoms with Gasteiger partial charge in [-0.25, -0.2) is 0 Å². The molecule has 0 saturated carbocycles. The third-order valence-electron chi connectivity index (χ3n) is 3.89. The van der Waals surface area contributed by atoms with E-state index in [2.05, 4.69) is 22.9 Å². The third kappa shape index (κ3) is 2.34. The van der Waals surface area contributed by atoms with Gasteiger partial charge in [-0.1, -0.05) is 24.3 Å². The first kappa shape index (κ1) is 12.9. The predicted octanol–water partition coefficient (Wildman–Crippen LogP) is 1.89. The molecule has 2 heterocycles. The molecule has 1 atom stereocenters. The number of rotatable bonds is 2. The molecule has 1 amide bonds. The SMILES string of the molecule is Cc1ccc(C)n1NC(=O)[C@H]1Cc2ccccc2CN1. The molecule has 20 heavy (non-hydrogen) atoms. The Morgan fingerprint density at radius 3 is 2.50 bits per heavy atom. The summed E-state index contributed by atoms with van der Waals surface area (Å²) in [6.07, 6.45) is 0.737. The molecule has 0 spiro atoms. The minimum Gasteiger partial charge on any atom is -0.301 e. The second-order valence-electron chi connectivity index (χ2n) is 5.33. The minimum absolute atomic E-state index is 0.0157. The summed E-state index contributed by atoms with van der Waals surface area (Å²) >= 11 is 0. The Morgan fingerprint density at radius 1 is 1.15 bits per heavy atom. The van der Waals surface area contributed by atoms with E-state index in [1.54, 1.807) is 0 Å². The van der Waals surface area contributed by atoms with Gasteiger partial charge in [-0.3, -0.25) is 14.9 Å². The van der Waals surface area contributed by atoms with E-state index in [9.17, 15) is 4.79 Å². The van der Waals surface area contributed by atoms with Crippen molar-refractivity contribution in [2.75, 3.05) is 5.43 Å². The molecule has 0 fully saturated rings. The fourth-order valence-corrected chi connectivity index (χ4v) is 2.67. The van der Waals surface area contributed by atoms with Gasteiger partial charge in [0.25, 0.3) is 5.91 Å². The quantitative estimate of drug-likeness (QED) is 0.874. The first-order valence-corrected chi connectivity index (χ1v) is 6.91. The molecule has 0 radical (unpaired) electrons. The Labute approximate surface area is 118 Å². The highest BCUT2D eigenvalue weighted by atomic mass is 16.2. The van der Waals surface area contributed by atoms with Crippen LogP contribution >= 0.6 is 0 Å². The van der Waals surface area contributed by atoms with Gasteiger partial charge in [0, 0.05) is 17.9 Å². The van der Waals surface area contributed by atoms with Gasteiger partial charge < -0.3 is 5.32 Å². The van der Waals surface area contributed by atoms with Gasteiger partial charge in [0.15, 0.2) is 0 Å². The van der Waals surface area contributed by atoms with Crippen molar-refractivity contribution >= 4 is 5.91 Å². The van der Waals surface area contributed by atoms with Crippen LogP contribution in [-0.4, -0.2) is 16.6 Å².